The van der Waals surface area contributed by atoms with E-state index in [1.165, 1.54) is 18.2 Å². The predicted molar refractivity (Wildman–Crippen MR) is 111 cm³/mol. The van der Waals surface area contributed by atoms with Gasteiger partial charge in [0.25, 0.3) is 5.91 Å². The molecule has 0 bridgehead atoms. The third kappa shape index (κ3) is 10.4. The van der Waals surface area contributed by atoms with Crippen molar-refractivity contribution in [2.24, 2.45) is 5.92 Å². The van der Waals surface area contributed by atoms with Gasteiger partial charge in [0, 0.05) is 5.56 Å². The van der Waals surface area contributed by atoms with Crippen LogP contribution in [0.5, 0.6) is 0 Å². The molecule has 0 aromatic heterocycles. The molecule has 1 unspecified atom stereocenters. The molecular weight excluding hydrogens is 374 g/mol. The zero-order valence-electron chi connectivity index (χ0n) is 16.9. The SMILES string of the molecule is CC(C)C.O=C(CC(NC(=O)c1ccccc1)c1cccc(F)c1)NCB(O)O. The van der Waals surface area contributed by atoms with E-state index in [-0.39, 0.29) is 12.9 Å². The van der Waals surface area contributed by atoms with Gasteiger partial charge in [-0.05, 0) is 35.7 Å². The number of nitrogens with one attached hydrogen (secondary N) is 2. The van der Waals surface area contributed by atoms with Crippen LogP contribution >= 0.6 is 0 Å². The summed E-state index contributed by atoms with van der Waals surface area (Å²) in [5.41, 5.74) is 0.846. The average Bonchev–Trinajstić information content (AvgIpc) is 2.66. The number of benzene rings is 2. The first kappa shape index (κ1) is 24.3. The molecule has 0 fully saturated rings. The zero-order valence-corrected chi connectivity index (χ0v) is 16.9. The Morgan fingerprint density at radius 2 is 1.66 bits per heavy atom. The van der Waals surface area contributed by atoms with Crippen LogP contribution < -0.4 is 10.6 Å². The molecule has 0 spiro atoms. The molecule has 29 heavy (non-hydrogen) atoms. The summed E-state index contributed by atoms with van der Waals surface area (Å²) in [4.78, 5) is 24.3. The summed E-state index contributed by atoms with van der Waals surface area (Å²) in [6.45, 7) is 6.50. The summed E-state index contributed by atoms with van der Waals surface area (Å²) in [6, 6.07) is 13.3. The predicted octanol–water partition coefficient (Wildman–Crippen LogP) is 2.48. The number of amides is 2. The molecule has 4 N–H and O–H groups in total. The van der Waals surface area contributed by atoms with Gasteiger partial charge in [-0.2, -0.15) is 0 Å². The highest BCUT2D eigenvalue weighted by molar-refractivity contribution is 6.41. The first-order chi connectivity index (χ1) is 13.7. The Morgan fingerprint density at radius 3 is 2.21 bits per heavy atom. The zero-order chi connectivity index (χ0) is 21.8. The number of rotatable bonds is 7. The summed E-state index contributed by atoms with van der Waals surface area (Å²) in [5.74, 6) is -0.553. The molecule has 2 aromatic carbocycles. The van der Waals surface area contributed by atoms with Crippen LogP contribution in [0.1, 0.15) is 49.2 Å². The monoisotopic (exact) mass is 402 g/mol. The van der Waals surface area contributed by atoms with Crippen molar-refractivity contribution in [1.29, 1.82) is 0 Å². The normalized spacial score (nSPS) is 11.1. The third-order valence-corrected chi connectivity index (χ3v) is 3.46. The number of carbonyl (C=O) groups excluding carboxylic acids is 2. The van der Waals surface area contributed by atoms with Crippen molar-refractivity contribution in [3.8, 4) is 0 Å². The van der Waals surface area contributed by atoms with Crippen molar-refractivity contribution < 1.29 is 24.0 Å². The minimum atomic E-state index is -1.67. The molecule has 2 aromatic rings. The van der Waals surface area contributed by atoms with Crippen LogP contribution in [-0.4, -0.2) is 35.4 Å². The van der Waals surface area contributed by atoms with Gasteiger partial charge in [0.05, 0.1) is 18.9 Å². The topological polar surface area (TPSA) is 98.7 Å². The van der Waals surface area contributed by atoms with Gasteiger partial charge in [-0.15, -0.1) is 0 Å². The van der Waals surface area contributed by atoms with Crippen molar-refractivity contribution in [3.05, 3.63) is 71.5 Å². The minimum absolute atomic E-state index is 0.172. The van der Waals surface area contributed by atoms with Crippen LogP contribution in [0.25, 0.3) is 0 Å². The quantitative estimate of drug-likeness (QED) is 0.535. The second-order valence-electron chi connectivity index (χ2n) is 7.17. The van der Waals surface area contributed by atoms with Crippen molar-refractivity contribution in [1.82, 2.24) is 10.6 Å². The van der Waals surface area contributed by atoms with E-state index >= 15 is 0 Å². The summed E-state index contributed by atoms with van der Waals surface area (Å²) in [5, 5.41) is 22.6. The summed E-state index contributed by atoms with van der Waals surface area (Å²) >= 11 is 0. The highest BCUT2D eigenvalue weighted by atomic mass is 19.1. The summed E-state index contributed by atoms with van der Waals surface area (Å²) in [7, 11) is -1.67. The van der Waals surface area contributed by atoms with Crippen LogP contribution in [0, 0.1) is 11.7 Å². The molecule has 0 saturated carbocycles. The van der Waals surface area contributed by atoms with E-state index in [1.54, 1.807) is 36.4 Å². The molecule has 2 rings (SSSR count). The Bertz CT molecular complexity index is 770. The van der Waals surface area contributed by atoms with Crippen LogP contribution in [0.4, 0.5) is 4.39 Å². The van der Waals surface area contributed by atoms with Crippen LogP contribution in [-0.2, 0) is 4.79 Å². The average molecular weight is 402 g/mol. The second-order valence-corrected chi connectivity index (χ2v) is 7.17. The lowest BCUT2D eigenvalue weighted by Crippen LogP contribution is -2.38. The van der Waals surface area contributed by atoms with Gasteiger partial charge in [-0.3, -0.25) is 9.59 Å². The highest BCUT2D eigenvalue weighted by Crippen LogP contribution is 2.19. The summed E-state index contributed by atoms with van der Waals surface area (Å²) in [6.07, 6.45) is -0.504. The molecule has 0 radical (unpaired) electrons. The fourth-order valence-electron chi connectivity index (χ4n) is 2.27. The lowest BCUT2D eigenvalue weighted by atomic mass is 9.92. The molecule has 0 saturated heterocycles. The maximum Gasteiger partial charge on any atom is 0.472 e. The first-order valence-electron chi connectivity index (χ1n) is 9.43. The second kappa shape index (κ2) is 12.7. The molecule has 6 nitrogen and oxygen atoms in total. The number of hydrogen-bond acceptors (Lipinski definition) is 4. The van der Waals surface area contributed by atoms with Gasteiger partial charge in [0.1, 0.15) is 5.82 Å². The van der Waals surface area contributed by atoms with Crippen LogP contribution in [0.2, 0.25) is 0 Å². The Morgan fingerprint density at radius 1 is 1.03 bits per heavy atom. The largest absolute Gasteiger partial charge is 0.472 e. The number of carbonyl (C=O) groups is 2. The van der Waals surface area contributed by atoms with Crippen LogP contribution in [0.15, 0.2) is 54.6 Å². The molecule has 0 aliphatic rings. The molecule has 0 aliphatic carbocycles. The van der Waals surface area contributed by atoms with Gasteiger partial charge in [-0.25, -0.2) is 4.39 Å². The Labute approximate surface area is 171 Å². The van der Waals surface area contributed by atoms with E-state index in [1.807, 2.05) is 0 Å². The van der Waals surface area contributed by atoms with E-state index < -0.39 is 30.8 Å². The highest BCUT2D eigenvalue weighted by Gasteiger charge is 2.20. The lowest BCUT2D eigenvalue weighted by Gasteiger charge is -2.19. The van der Waals surface area contributed by atoms with E-state index in [9.17, 15) is 14.0 Å². The van der Waals surface area contributed by atoms with E-state index in [2.05, 4.69) is 31.4 Å². The molecule has 156 valence electrons. The van der Waals surface area contributed by atoms with Crippen molar-refractivity contribution >= 4 is 18.9 Å². The van der Waals surface area contributed by atoms with E-state index in [4.69, 9.17) is 10.0 Å². The van der Waals surface area contributed by atoms with Gasteiger partial charge in [-0.1, -0.05) is 51.1 Å². The number of hydrogen-bond donors (Lipinski definition) is 4. The van der Waals surface area contributed by atoms with Crippen molar-refractivity contribution in [3.63, 3.8) is 0 Å². The standard InChI is InChI=1S/C17H18BFN2O4.C4H10/c19-14-8-4-7-13(9-14)15(10-16(22)20-11-18(24)25)21-17(23)12-5-2-1-3-6-12;1-4(2)3/h1-9,15,24-25H,10-11H2,(H,20,22)(H,21,23);4H,1-3H3. The third-order valence-electron chi connectivity index (χ3n) is 3.46. The van der Waals surface area contributed by atoms with Gasteiger partial charge >= 0.3 is 7.12 Å². The molecular formula is C21H28BFN2O4. The molecule has 0 aliphatic heterocycles. The van der Waals surface area contributed by atoms with Gasteiger partial charge < -0.3 is 20.7 Å². The molecule has 1 atom stereocenters. The fourth-order valence-corrected chi connectivity index (χ4v) is 2.27. The Balaban J connectivity index is 0.000000960. The lowest BCUT2D eigenvalue weighted by molar-refractivity contribution is -0.121. The molecule has 8 heteroatoms. The van der Waals surface area contributed by atoms with Gasteiger partial charge in [0.2, 0.25) is 5.91 Å². The minimum Gasteiger partial charge on any atom is -0.426 e. The molecule has 2 amide bonds. The van der Waals surface area contributed by atoms with Crippen molar-refractivity contribution in [2.45, 2.75) is 33.2 Å². The first-order valence-corrected chi connectivity index (χ1v) is 9.43. The maximum atomic E-state index is 13.5. The van der Waals surface area contributed by atoms with E-state index in [0.717, 1.165) is 5.92 Å². The smallest absolute Gasteiger partial charge is 0.426 e. The number of halogens is 1. The maximum absolute atomic E-state index is 13.5. The fraction of sp³-hybridized carbons (Fsp3) is 0.333. The molecule has 0 heterocycles. The Hall–Kier alpha value is -2.71. The Kier molecular flexibility index (Phi) is 10.7. The van der Waals surface area contributed by atoms with Crippen LogP contribution in [0.3, 0.4) is 0 Å². The van der Waals surface area contributed by atoms with Crippen molar-refractivity contribution in [2.75, 3.05) is 6.44 Å². The van der Waals surface area contributed by atoms with Gasteiger partial charge in [0.15, 0.2) is 0 Å². The summed E-state index contributed by atoms with van der Waals surface area (Å²) < 4.78 is 13.5. The van der Waals surface area contributed by atoms with E-state index in [0.29, 0.717) is 11.1 Å².